The van der Waals surface area contributed by atoms with Gasteiger partial charge < -0.3 is 10.1 Å². The minimum absolute atomic E-state index is 0.201. The Labute approximate surface area is 198 Å². The van der Waals surface area contributed by atoms with Gasteiger partial charge in [0.05, 0.1) is 21.4 Å². The number of benzene rings is 3. The van der Waals surface area contributed by atoms with Gasteiger partial charge in [0.2, 0.25) is 0 Å². The van der Waals surface area contributed by atoms with Crippen molar-refractivity contribution >= 4 is 50.9 Å². The predicted octanol–water partition coefficient (Wildman–Crippen LogP) is 5.41. The molecule has 0 unspecified atom stereocenters. The number of carbonyl (C=O) groups excluding carboxylic acids is 2. The average molecular weight is 508 g/mol. The van der Waals surface area contributed by atoms with Crippen molar-refractivity contribution in [2.24, 2.45) is 5.10 Å². The lowest BCUT2D eigenvalue weighted by Gasteiger charge is -2.11. The lowest BCUT2D eigenvalue weighted by Crippen LogP contribution is -2.21. The first-order valence-electron chi connectivity index (χ1n) is 10.1. The van der Waals surface area contributed by atoms with Crippen LogP contribution in [0.5, 0.6) is 5.75 Å². The quantitative estimate of drug-likeness (QED) is 0.453. The topological polar surface area (TPSA) is 71.0 Å². The number of nitrogens with one attached hydrogen (secondary N) is 1. The smallest absolute Gasteiger partial charge is 0.280 e. The zero-order valence-corrected chi connectivity index (χ0v) is 19.2. The van der Waals surface area contributed by atoms with Crippen molar-refractivity contribution in [2.75, 3.05) is 16.9 Å². The summed E-state index contributed by atoms with van der Waals surface area (Å²) in [6.45, 7) is 1.58. The summed E-state index contributed by atoms with van der Waals surface area (Å²) in [4.78, 5) is 24.9. The Hall–Kier alpha value is -3.78. The van der Waals surface area contributed by atoms with E-state index in [9.17, 15) is 14.0 Å². The van der Waals surface area contributed by atoms with Crippen LogP contribution < -0.4 is 15.1 Å². The van der Waals surface area contributed by atoms with Crippen LogP contribution in [0.3, 0.4) is 0 Å². The van der Waals surface area contributed by atoms with Crippen molar-refractivity contribution in [3.05, 3.63) is 94.2 Å². The van der Waals surface area contributed by atoms with Crippen molar-refractivity contribution in [3.63, 3.8) is 0 Å². The highest BCUT2D eigenvalue weighted by atomic mass is 79.9. The van der Waals surface area contributed by atoms with Crippen molar-refractivity contribution in [3.8, 4) is 5.75 Å². The van der Waals surface area contributed by atoms with E-state index in [0.29, 0.717) is 32.9 Å². The fourth-order valence-corrected chi connectivity index (χ4v) is 3.70. The monoisotopic (exact) mass is 507 g/mol. The van der Waals surface area contributed by atoms with Crippen molar-refractivity contribution in [2.45, 2.75) is 6.92 Å². The molecular formula is C25H19BrFN3O3. The molecule has 0 atom stereocenters. The molecule has 2 amide bonds. The number of carbonyl (C=O) groups is 2. The second kappa shape index (κ2) is 9.79. The number of amides is 2. The summed E-state index contributed by atoms with van der Waals surface area (Å²) in [6, 6.07) is 20.0. The fourth-order valence-electron chi connectivity index (χ4n) is 3.19. The Kier molecular flexibility index (Phi) is 6.65. The van der Waals surface area contributed by atoms with Crippen LogP contribution in [0.25, 0.3) is 6.08 Å². The maximum absolute atomic E-state index is 13.0. The van der Waals surface area contributed by atoms with E-state index in [1.165, 1.54) is 29.3 Å². The van der Waals surface area contributed by atoms with Crippen molar-refractivity contribution in [1.82, 2.24) is 0 Å². The molecule has 3 aromatic rings. The first kappa shape index (κ1) is 22.4. The number of ether oxygens (including phenoxy) is 1. The molecule has 166 valence electrons. The Morgan fingerprint density at radius 3 is 2.55 bits per heavy atom. The van der Waals surface area contributed by atoms with Gasteiger partial charge in [0.25, 0.3) is 11.8 Å². The van der Waals surface area contributed by atoms with E-state index < -0.39 is 0 Å². The van der Waals surface area contributed by atoms with E-state index in [1.807, 2.05) is 30.3 Å². The molecule has 0 aliphatic carbocycles. The largest absolute Gasteiger partial charge is 0.483 e. The second-order valence-corrected chi connectivity index (χ2v) is 8.08. The van der Waals surface area contributed by atoms with Crippen LogP contribution in [0.2, 0.25) is 0 Å². The molecule has 6 nitrogen and oxygen atoms in total. The van der Waals surface area contributed by atoms with Gasteiger partial charge in [-0.2, -0.15) is 10.1 Å². The van der Waals surface area contributed by atoms with Gasteiger partial charge in [-0.25, -0.2) is 4.39 Å². The molecule has 1 aliphatic heterocycles. The Morgan fingerprint density at radius 1 is 1.12 bits per heavy atom. The number of nitrogens with zero attached hydrogens (tertiary/aromatic N) is 2. The number of anilines is 2. The highest BCUT2D eigenvalue weighted by molar-refractivity contribution is 9.10. The van der Waals surface area contributed by atoms with Crippen LogP contribution >= 0.6 is 15.9 Å². The number of hydrazone groups is 1. The number of hydrogen-bond donors (Lipinski definition) is 1. The van der Waals surface area contributed by atoms with Crippen LogP contribution in [0, 0.1) is 5.82 Å². The Balaban J connectivity index is 1.41. The molecule has 0 saturated heterocycles. The Morgan fingerprint density at radius 2 is 1.85 bits per heavy atom. The van der Waals surface area contributed by atoms with Crippen LogP contribution in [0.1, 0.15) is 12.5 Å². The molecule has 1 aliphatic rings. The van der Waals surface area contributed by atoms with Gasteiger partial charge in [-0.05, 0) is 83.0 Å². The normalized spacial score (nSPS) is 14.4. The zero-order chi connectivity index (χ0) is 23.4. The van der Waals surface area contributed by atoms with Gasteiger partial charge in [-0.15, -0.1) is 0 Å². The van der Waals surface area contributed by atoms with E-state index in [0.717, 1.165) is 5.56 Å². The van der Waals surface area contributed by atoms with E-state index in [-0.39, 0.29) is 24.2 Å². The molecule has 1 heterocycles. The third-order valence-electron chi connectivity index (χ3n) is 4.82. The molecule has 33 heavy (non-hydrogen) atoms. The summed E-state index contributed by atoms with van der Waals surface area (Å²) >= 11 is 3.45. The first-order chi connectivity index (χ1) is 15.9. The maximum Gasteiger partial charge on any atom is 0.280 e. The fraction of sp³-hybridized carbons (Fsp3) is 0.0800. The average Bonchev–Trinajstić information content (AvgIpc) is 3.09. The lowest BCUT2D eigenvalue weighted by atomic mass is 10.1. The molecule has 0 aromatic heterocycles. The van der Waals surface area contributed by atoms with E-state index in [2.05, 4.69) is 26.3 Å². The molecule has 0 bridgehead atoms. The summed E-state index contributed by atoms with van der Waals surface area (Å²) in [6.07, 6.45) is 1.76. The predicted molar refractivity (Wildman–Crippen MR) is 130 cm³/mol. The van der Waals surface area contributed by atoms with Crippen LogP contribution in [-0.2, 0) is 9.59 Å². The number of rotatable bonds is 6. The Bertz CT molecular complexity index is 1260. The summed E-state index contributed by atoms with van der Waals surface area (Å²) < 4.78 is 19.2. The minimum Gasteiger partial charge on any atom is -0.483 e. The van der Waals surface area contributed by atoms with Gasteiger partial charge in [-0.3, -0.25) is 9.59 Å². The standard InChI is InChI=1S/C25H19BrFN3O3/c1-16-21(25(32)30(29-16)20-5-3-2-4-6-20)13-17-7-12-23(22(26)14-17)33-15-24(31)28-19-10-8-18(27)9-11-19/h2-14H,15H2,1H3,(H,28,31)/b21-13+. The molecule has 0 radical (unpaired) electrons. The molecular weight excluding hydrogens is 489 g/mol. The van der Waals surface area contributed by atoms with Gasteiger partial charge in [0.15, 0.2) is 6.61 Å². The van der Waals surface area contributed by atoms with Crippen molar-refractivity contribution in [1.29, 1.82) is 0 Å². The van der Waals surface area contributed by atoms with E-state index in [1.54, 1.807) is 31.2 Å². The van der Waals surface area contributed by atoms with Gasteiger partial charge >= 0.3 is 0 Å². The molecule has 8 heteroatoms. The third-order valence-corrected chi connectivity index (χ3v) is 5.44. The maximum atomic E-state index is 13.0. The highest BCUT2D eigenvalue weighted by Gasteiger charge is 2.28. The van der Waals surface area contributed by atoms with Gasteiger partial charge in [0, 0.05) is 5.69 Å². The number of para-hydroxylation sites is 1. The van der Waals surface area contributed by atoms with Crippen molar-refractivity contribution < 1.29 is 18.7 Å². The molecule has 3 aromatic carbocycles. The lowest BCUT2D eigenvalue weighted by molar-refractivity contribution is -0.118. The number of halogens is 2. The van der Waals surface area contributed by atoms with Crippen LogP contribution in [0.4, 0.5) is 15.8 Å². The SMILES string of the molecule is CC1=NN(c2ccccc2)C(=O)/C1=C/c1ccc(OCC(=O)Nc2ccc(F)cc2)c(Br)c1. The van der Waals surface area contributed by atoms with Crippen LogP contribution in [-0.4, -0.2) is 24.1 Å². The summed E-state index contributed by atoms with van der Waals surface area (Å²) in [5.41, 5.74) is 3.08. The summed E-state index contributed by atoms with van der Waals surface area (Å²) in [5.74, 6) is -0.478. The minimum atomic E-state index is -0.378. The molecule has 4 rings (SSSR count). The highest BCUT2D eigenvalue weighted by Crippen LogP contribution is 2.29. The first-order valence-corrected chi connectivity index (χ1v) is 10.8. The van der Waals surface area contributed by atoms with Gasteiger partial charge in [-0.1, -0.05) is 24.3 Å². The van der Waals surface area contributed by atoms with Gasteiger partial charge in [0.1, 0.15) is 11.6 Å². The molecule has 0 spiro atoms. The van der Waals surface area contributed by atoms with E-state index >= 15 is 0 Å². The third kappa shape index (κ3) is 5.35. The number of hydrogen-bond acceptors (Lipinski definition) is 4. The summed E-state index contributed by atoms with van der Waals surface area (Å²) in [7, 11) is 0. The second-order valence-electron chi connectivity index (χ2n) is 7.23. The molecule has 1 N–H and O–H groups in total. The molecule has 0 saturated carbocycles. The zero-order valence-electron chi connectivity index (χ0n) is 17.6. The van der Waals surface area contributed by atoms with Crippen LogP contribution in [0.15, 0.2) is 87.9 Å². The summed E-state index contributed by atoms with van der Waals surface area (Å²) in [5, 5.41) is 8.39. The van der Waals surface area contributed by atoms with E-state index in [4.69, 9.17) is 4.74 Å². The molecule has 0 fully saturated rings.